The minimum absolute atomic E-state index is 0.00458. The number of aliphatic imine (C=N–C) groups is 1. The maximum absolute atomic E-state index is 6.01. The number of rotatable bonds is 12. The fourth-order valence-corrected chi connectivity index (χ4v) is 3.40. The lowest BCUT2D eigenvalue weighted by atomic mass is 10.1. The fourth-order valence-electron chi connectivity index (χ4n) is 3.40. The zero-order valence-electron chi connectivity index (χ0n) is 18.9. The van der Waals surface area contributed by atoms with E-state index in [0.29, 0.717) is 13.2 Å². The van der Waals surface area contributed by atoms with Crippen LogP contribution < -0.4 is 9.47 Å². The van der Waals surface area contributed by atoms with Crippen molar-refractivity contribution in [3.8, 4) is 11.5 Å². The molecule has 0 aliphatic carbocycles. The summed E-state index contributed by atoms with van der Waals surface area (Å²) in [7, 11) is 0. The standard InChI is InChI=1S/C27H35NO3/c1-3-4-5-6-7-8-18-30-25-15-11-24(12-16-25)28-20-23-9-13-26(14-10-23)31-27-21-29-19-17-22(27)2/h9-17,20,27H,3-8,18-19,21H2,1-2H3. The highest BCUT2D eigenvalue weighted by Gasteiger charge is 2.16. The van der Waals surface area contributed by atoms with E-state index in [1.807, 2.05) is 54.7 Å². The Balaban J connectivity index is 1.41. The molecule has 0 saturated carbocycles. The predicted molar refractivity (Wildman–Crippen MR) is 128 cm³/mol. The van der Waals surface area contributed by atoms with Gasteiger partial charge in [0.2, 0.25) is 0 Å². The molecule has 3 rings (SSSR count). The molecule has 0 N–H and O–H groups in total. The van der Waals surface area contributed by atoms with Gasteiger partial charge in [0.05, 0.1) is 25.5 Å². The molecule has 0 amide bonds. The van der Waals surface area contributed by atoms with E-state index in [-0.39, 0.29) is 6.10 Å². The molecule has 0 fully saturated rings. The van der Waals surface area contributed by atoms with Crippen molar-refractivity contribution < 1.29 is 14.2 Å². The highest BCUT2D eigenvalue weighted by molar-refractivity contribution is 5.82. The van der Waals surface area contributed by atoms with Crippen LogP contribution in [0.5, 0.6) is 11.5 Å². The monoisotopic (exact) mass is 421 g/mol. The van der Waals surface area contributed by atoms with Crippen molar-refractivity contribution in [3.05, 3.63) is 65.7 Å². The molecular weight excluding hydrogens is 386 g/mol. The number of hydrogen-bond acceptors (Lipinski definition) is 4. The van der Waals surface area contributed by atoms with Crippen LogP contribution in [-0.4, -0.2) is 32.1 Å². The van der Waals surface area contributed by atoms with Crippen LogP contribution in [0.15, 0.2) is 65.2 Å². The summed E-state index contributed by atoms with van der Waals surface area (Å²) in [5, 5.41) is 0. The Labute approximate surface area is 187 Å². The molecule has 1 heterocycles. The number of benzene rings is 2. The van der Waals surface area contributed by atoms with E-state index in [1.165, 1.54) is 37.7 Å². The van der Waals surface area contributed by atoms with Crippen molar-refractivity contribution in [2.75, 3.05) is 19.8 Å². The van der Waals surface area contributed by atoms with Gasteiger partial charge in [-0.3, -0.25) is 4.99 Å². The van der Waals surface area contributed by atoms with E-state index in [2.05, 4.69) is 24.9 Å². The first-order valence-corrected chi connectivity index (χ1v) is 11.5. The van der Waals surface area contributed by atoms with Crippen LogP contribution in [0.3, 0.4) is 0 Å². The van der Waals surface area contributed by atoms with Crippen molar-refractivity contribution in [2.45, 2.75) is 58.5 Å². The van der Waals surface area contributed by atoms with Gasteiger partial charge in [-0.1, -0.05) is 45.1 Å². The van der Waals surface area contributed by atoms with Gasteiger partial charge >= 0.3 is 0 Å². The first kappa shape index (κ1) is 23.1. The SMILES string of the molecule is CCCCCCCCOc1ccc(N=Cc2ccc(OC3COCC=C3C)cc2)cc1. The molecule has 2 aromatic carbocycles. The Morgan fingerprint density at radius 1 is 0.935 bits per heavy atom. The molecule has 1 atom stereocenters. The summed E-state index contributed by atoms with van der Waals surface area (Å²) in [5.74, 6) is 1.75. The largest absolute Gasteiger partial charge is 0.494 e. The summed E-state index contributed by atoms with van der Waals surface area (Å²) in [6, 6.07) is 15.9. The van der Waals surface area contributed by atoms with Gasteiger partial charge in [0.25, 0.3) is 0 Å². The van der Waals surface area contributed by atoms with E-state index < -0.39 is 0 Å². The topological polar surface area (TPSA) is 40.0 Å². The predicted octanol–water partition coefficient (Wildman–Crippen LogP) is 6.90. The van der Waals surface area contributed by atoms with Crippen LogP contribution in [0.4, 0.5) is 5.69 Å². The molecule has 4 nitrogen and oxygen atoms in total. The van der Waals surface area contributed by atoms with E-state index in [9.17, 15) is 0 Å². The van der Waals surface area contributed by atoms with Gasteiger partial charge in [0, 0.05) is 6.21 Å². The quantitative estimate of drug-likeness (QED) is 0.213. The van der Waals surface area contributed by atoms with Crippen molar-refractivity contribution >= 4 is 11.9 Å². The van der Waals surface area contributed by atoms with Crippen molar-refractivity contribution in [2.24, 2.45) is 4.99 Å². The maximum Gasteiger partial charge on any atom is 0.143 e. The molecular formula is C27H35NO3. The second kappa shape index (κ2) is 13.0. The summed E-state index contributed by atoms with van der Waals surface area (Å²) >= 11 is 0. The van der Waals surface area contributed by atoms with E-state index in [0.717, 1.165) is 35.8 Å². The van der Waals surface area contributed by atoms with Crippen LogP contribution in [0.25, 0.3) is 0 Å². The van der Waals surface area contributed by atoms with Crippen LogP contribution >= 0.6 is 0 Å². The normalized spacial score (nSPS) is 16.3. The first-order chi connectivity index (χ1) is 15.2. The van der Waals surface area contributed by atoms with Crippen molar-refractivity contribution in [3.63, 3.8) is 0 Å². The zero-order chi connectivity index (χ0) is 21.7. The van der Waals surface area contributed by atoms with Gasteiger partial charge in [-0.05, 0) is 73.0 Å². The second-order valence-corrected chi connectivity index (χ2v) is 8.03. The third-order valence-electron chi connectivity index (χ3n) is 5.42. The smallest absolute Gasteiger partial charge is 0.143 e. The molecule has 1 aliphatic heterocycles. The number of unbranched alkanes of at least 4 members (excludes halogenated alkanes) is 5. The molecule has 0 aromatic heterocycles. The maximum atomic E-state index is 6.01. The van der Waals surface area contributed by atoms with Crippen LogP contribution in [0.2, 0.25) is 0 Å². The summed E-state index contributed by atoms with van der Waals surface area (Å²) in [6.45, 7) is 6.39. The summed E-state index contributed by atoms with van der Waals surface area (Å²) in [5.41, 5.74) is 3.16. The lowest BCUT2D eigenvalue weighted by molar-refractivity contribution is 0.0681. The molecule has 0 spiro atoms. The Morgan fingerprint density at radius 3 is 2.39 bits per heavy atom. The molecule has 0 bridgehead atoms. The second-order valence-electron chi connectivity index (χ2n) is 8.03. The number of hydrogen-bond donors (Lipinski definition) is 0. The van der Waals surface area contributed by atoms with Crippen LogP contribution in [0.1, 0.15) is 57.9 Å². The van der Waals surface area contributed by atoms with Gasteiger partial charge in [-0.15, -0.1) is 0 Å². The third kappa shape index (κ3) is 8.22. The Kier molecular flexibility index (Phi) is 9.65. The summed E-state index contributed by atoms with van der Waals surface area (Å²) < 4.78 is 17.3. The first-order valence-electron chi connectivity index (χ1n) is 11.5. The van der Waals surface area contributed by atoms with Crippen LogP contribution in [0, 0.1) is 0 Å². The van der Waals surface area contributed by atoms with E-state index in [1.54, 1.807) is 0 Å². The molecule has 0 saturated heterocycles. The Morgan fingerprint density at radius 2 is 1.65 bits per heavy atom. The minimum Gasteiger partial charge on any atom is -0.494 e. The lowest BCUT2D eigenvalue weighted by Gasteiger charge is -2.23. The molecule has 1 unspecified atom stereocenters. The van der Waals surface area contributed by atoms with Gasteiger partial charge in [0.15, 0.2) is 0 Å². The molecule has 4 heteroatoms. The lowest BCUT2D eigenvalue weighted by Crippen LogP contribution is -2.28. The minimum atomic E-state index is -0.00458. The molecule has 2 aromatic rings. The molecule has 0 radical (unpaired) electrons. The van der Waals surface area contributed by atoms with Crippen molar-refractivity contribution in [1.82, 2.24) is 0 Å². The number of nitrogens with zero attached hydrogens (tertiary/aromatic N) is 1. The average Bonchev–Trinajstić information content (AvgIpc) is 2.80. The Hall–Kier alpha value is -2.59. The van der Waals surface area contributed by atoms with E-state index in [4.69, 9.17) is 14.2 Å². The highest BCUT2D eigenvalue weighted by Crippen LogP contribution is 2.21. The van der Waals surface area contributed by atoms with Gasteiger partial charge in [-0.25, -0.2) is 0 Å². The third-order valence-corrected chi connectivity index (χ3v) is 5.42. The van der Waals surface area contributed by atoms with Gasteiger partial charge < -0.3 is 14.2 Å². The highest BCUT2D eigenvalue weighted by atomic mass is 16.5. The van der Waals surface area contributed by atoms with Gasteiger partial charge in [0.1, 0.15) is 17.6 Å². The molecule has 31 heavy (non-hydrogen) atoms. The molecule has 1 aliphatic rings. The summed E-state index contributed by atoms with van der Waals surface area (Å²) in [6.07, 6.45) is 11.6. The van der Waals surface area contributed by atoms with Crippen molar-refractivity contribution in [1.29, 1.82) is 0 Å². The van der Waals surface area contributed by atoms with Gasteiger partial charge in [-0.2, -0.15) is 0 Å². The average molecular weight is 422 g/mol. The molecule has 166 valence electrons. The number of ether oxygens (including phenoxy) is 3. The van der Waals surface area contributed by atoms with Crippen LogP contribution in [-0.2, 0) is 4.74 Å². The fraction of sp³-hybridized carbons (Fsp3) is 0.444. The summed E-state index contributed by atoms with van der Waals surface area (Å²) in [4.78, 5) is 4.56. The zero-order valence-corrected chi connectivity index (χ0v) is 18.9. The van der Waals surface area contributed by atoms with E-state index >= 15 is 0 Å². The Bertz CT molecular complexity index is 825.